The number of thioether (sulfide) groups is 1. The third-order valence-electron chi connectivity index (χ3n) is 6.07. The molecule has 1 N–H and O–H groups in total. The van der Waals surface area contributed by atoms with Gasteiger partial charge in [0.1, 0.15) is 5.25 Å². The minimum absolute atomic E-state index is 0.0539. The molecule has 0 aromatic heterocycles. The summed E-state index contributed by atoms with van der Waals surface area (Å²) in [5, 5.41) is 3.34. The number of aryl methyl sites for hydroxylation is 2. The first-order valence-corrected chi connectivity index (χ1v) is 12.7. The number of carbonyl (C=O) groups excluding carboxylic acids is 2. The van der Waals surface area contributed by atoms with E-state index in [9.17, 15) is 9.59 Å². The van der Waals surface area contributed by atoms with Gasteiger partial charge in [0.25, 0.3) is 0 Å². The first kappa shape index (κ1) is 24.6. The molecule has 0 saturated heterocycles. The third-order valence-corrected chi connectivity index (χ3v) is 8.27. The predicted molar refractivity (Wildman–Crippen MR) is 141 cm³/mol. The molecule has 3 aromatic carbocycles. The number of hydrogen-bond acceptors (Lipinski definition) is 3. The Morgan fingerprint density at radius 1 is 1.06 bits per heavy atom. The van der Waals surface area contributed by atoms with Crippen LogP contribution in [-0.4, -0.2) is 17.1 Å². The number of amides is 2. The highest BCUT2D eigenvalue weighted by Gasteiger charge is 2.39. The van der Waals surface area contributed by atoms with Crippen LogP contribution in [0.25, 0.3) is 0 Å². The Morgan fingerprint density at radius 3 is 2.59 bits per heavy atom. The highest BCUT2D eigenvalue weighted by atomic mass is 35.5. The summed E-state index contributed by atoms with van der Waals surface area (Å²) in [6.45, 7) is 6.70. The van der Waals surface area contributed by atoms with Crippen LogP contribution in [-0.2, 0) is 22.7 Å². The van der Waals surface area contributed by atoms with E-state index in [4.69, 9.17) is 23.2 Å². The molecule has 2 amide bonds. The standard InChI is InChI=1S/C27H26Cl2N2O2S/c1-16-8-9-17(2)20(12-16)15-31-23-6-4-5-7-24(23)34-25(27(31)33)18(3)26(32)30-14-19-10-11-21(28)22(29)13-19/h4-13,18,25H,14-15H2,1-3H3,(H,30,32)/t18-,25+/m1/s1. The van der Waals surface area contributed by atoms with Crippen molar-refractivity contribution >= 4 is 52.5 Å². The van der Waals surface area contributed by atoms with E-state index in [0.717, 1.165) is 32.8 Å². The SMILES string of the molecule is Cc1ccc(C)c(CN2C(=O)[C@H]([C@@H](C)C(=O)NCc3ccc(Cl)c(Cl)c3)Sc3ccccc32)c1. The summed E-state index contributed by atoms with van der Waals surface area (Å²) >= 11 is 13.5. The zero-order valence-electron chi connectivity index (χ0n) is 19.3. The first-order valence-electron chi connectivity index (χ1n) is 11.1. The lowest BCUT2D eigenvalue weighted by atomic mass is 10.0. The van der Waals surface area contributed by atoms with Crippen LogP contribution < -0.4 is 10.2 Å². The maximum absolute atomic E-state index is 13.7. The topological polar surface area (TPSA) is 49.4 Å². The summed E-state index contributed by atoms with van der Waals surface area (Å²) in [4.78, 5) is 29.5. The molecule has 176 valence electrons. The summed E-state index contributed by atoms with van der Waals surface area (Å²) in [6, 6.07) is 19.4. The minimum Gasteiger partial charge on any atom is -0.352 e. The number of fused-ring (bicyclic) bond motifs is 1. The average Bonchev–Trinajstić information content (AvgIpc) is 2.83. The second-order valence-electron chi connectivity index (χ2n) is 8.62. The molecule has 0 saturated carbocycles. The molecule has 4 rings (SSSR count). The molecule has 34 heavy (non-hydrogen) atoms. The molecule has 0 spiro atoms. The third kappa shape index (κ3) is 5.27. The van der Waals surface area contributed by atoms with Gasteiger partial charge in [0, 0.05) is 11.4 Å². The molecular formula is C27H26Cl2N2O2S. The summed E-state index contributed by atoms with van der Waals surface area (Å²) in [7, 11) is 0. The molecule has 1 aliphatic heterocycles. The van der Waals surface area contributed by atoms with E-state index < -0.39 is 11.2 Å². The number of para-hydroxylation sites is 1. The van der Waals surface area contributed by atoms with E-state index in [1.807, 2.05) is 49.1 Å². The Balaban J connectivity index is 1.54. The maximum atomic E-state index is 13.7. The molecule has 0 aliphatic carbocycles. The zero-order valence-corrected chi connectivity index (χ0v) is 21.6. The zero-order chi connectivity index (χ0) is 24.4. The molecule has 0 radical (unpaired) electrons. The second kappa shape index (κ2) is 10.4. The number of halogens is 2. The summed E-state index contributed by atoms with van der Waals surface area (Å²) in [5.74, 6) is -0.750. The molecule has 2 atom stereocenters. The van der Waals surface area contributed by atoms with Gasteiger partial charge in [0.2, 0.25) is 11.8 Å². The van der Waals surface area contributed by atoms with Crippen molar-refractivity contribution in [3.8, 4) is 0 Å². The summed E-state index contributed by atoms with van der Waals surface area (Å²) < 4.78 is 0. The van der Waals surface area contributed by atoms with Gasteiger partial charge in [-0.15, -0.1) is 11.8 Å². The van der Waals surface area contributed by atoms with Gasteiger partial charge < -0.3 is 10.2 Å². The second-order valence-corrected chi connectivity index (χ2v) is 10.6. The largest absolute Gasteiger partial charge is 0.352 e. The average molecular weight is 513 g/mol. The smallest absolute Gasteiger partial charge is 0.241 e. The normalized spacial score (nSPS) is 16.2. The molecule has 0 unspecified atom stereocenters. The highest BCUT2D eigenvalue weighted by Crippen LogP contribution is 2.42. The van der Waals surface area contributed by atoms with Crippen LogP contribution in [0.4, 0.5) is 5.69 Å². The van der Waals surface area contributed by atoms with E-state index in [-0.39, 0.29) is 11.8 Å². The molecule has 0 bridgehead atoms. The van der Waals surface area contributed by atoms with Crippen LogP contribution in [0.5, 0.6) is 0 Å². The van der Waals surface area contributed by atoms with Gasteiger partial charge in [-0.3, -0.25) is 9.59 Å². The summed E-state index contributed by atoms with van der Waals surface area (Å²) in [5.41, 5.74) is 5.13. The summed E-state index contributed by atoms with van der Waals surface area (Å²) in [6.07, 6.45) is 0. The van der Waals surface area contributed by atoms with Crippen molar-refractivity contribution in [3.63, 3.8) is 0 Å². The predicted octanol–water partition coefficient (Wildman–Crippen LogP) is 6.57. The Hall–Kier alpha value is -2.47. The Morgan fingerprint density at radius 2 is 1.82 bits per heavy atom. The van der Waals surface area contributed by atoms with E-state index in [1.54, 1.807) is 12.1 Å². The van der Waals surface area contributed by atoms with Crippen molar-refractivity contribution in [2.75, 3.05) is 4.90 Å². The van der Waals surface area contributed by atoms with Crippen LogP contribution in [0.2, 0.25) is 10.0 Å². The van der Waals surface area contributed by atoms with Gasteiger partial charge >= 0.3 is 0 Å². The van der Waals surface area contributed by atoms with Crippen molar-refractivity contribution in [1.82, 2.24) is 5.32 Å². The van der Waals surface area contributed by atoms with Crippen molar-refractivity contribution in [2.24, 2.45) is 5.92 Å². The van der Waals surface area contributed by atoms with Crippen LogP contribution >= 0.6 is 35.0 Å². The maximum Gasteiger partial charge on any atom is 0.241 e. The number of hydrogen-bond donors (Lipinski definition) is 1. The van der Waals surface area contributed by atoms with Gasteiger partial charge in [-0.05, 0) is 54.8 Å². The van der Waals surface area contributed by atoms with Crippen LogP contribution in [0.3, 0.4) is 0 Å². The number of rotatable bonds is 6. The van der Waals surface area contributed by atoms with Crippen molar-refractivity contribution in [3.05, 3.63) is 93.0 Å². The van der Waals surface area contributed by atoms with Crippen LogP contribution in [0.15, 0.2) is 65.6 Å². The van der Waals surface area contributed by atoms with Gasteiger partial charge in [0.15, 0.2) is 0 Å². The minimum atomic E-state index is -0.520. The quantitative estimate of drug-likeness (QED) is 0.406. The number of nitrogens with zero attached hydrogens (tertiary/aromatic N) is 1. The first-order chi connectivity index (χ1) is 16.2. The van der Waals surface area contributed by atoms with Crippen molar-refractivity contribution in [1.29, 1.82) is 0 Å². The lowest BCUT2D eigenvalue weighted by Crippen LogP contribution is -2.47. The fourth-order valence-electron chi connectivity index (χ4n) is 4.00. The molecule has 1 aliphatic rings. The Bertz CT molecular complexity index is 1250. The molecule has 4 nitrogen and oxygen atoms in total. The van der Waals surface area contributed by atoms with Crippen molar-refractivity contribution < 1.29 is 9.59 Å². The van der Waals surface area contributed by atoms with Crippen LogP contribution in [0.1, 0.15) is 29.2 Å². The molecular weight excluding hydrogens is 487 g/mol. The highest BCUT2D eigenvalue weighted by molar-refractivity contribution is 8.01. The van der Waals surface area contributed by atoms with E-state index in [2.05, 4.69) is 30.4 Å². The van der Waals surface area contributed by atoms with Gasteiger partial charge in [-0.2, -0.15) is 0 Å². The fraction of sp³-hybridized carbons (Fsp3) is 0.259. The van der Waals surface area contributed by atoms with Crippen molar-refractivity contribution in [2.45, 2.75) is 44.0 Å². The molecule has 3 aromatic rings. The number of anilines is 1. The fourth-order valence-corrected chi connectivity index (χ4v) is 5.60. The Kier molecular flexibility index (Phi) is 7.56. The number of benzene rings is 3. The monoisotopic (exact) mass is 512 g/mol. The van der Waals surface area contributed by atoms with Gasteiger partial charge in [0.05, 0.1) is 28.2 Å². The lowest BCUT2D eigenvalue weighted by molar-refractivity contribution is -0.128. The lowest BCUT2D eigenvalue weighted by Gasteiger charge is -2.36. The van der Waals surface area contributed by atoms with Gasteiger partial charge in [-0.25, -0.2) is 0 Å². The Labute approximate surface area is 214 Å². The van der Waals surface area contributed by atoms with Gasteiger partial charge in [-0.1, -0.05) is 72.1 Å². The van der Waals surface area contributed by atoms with E-state index >= 15 is 0 Å². The van der Waals surface area contributed by atoms with E-state index in [1.165, 1.54) is 11.8 Å². The molecule has 1 heterocycles. The van der Waals surface area contributed by atoms with E-state index in [0.29, 0.717) is 23.1 Å². The molecule has 7 heteroatoms. The number of nitrogens with one attached hydrogen (secondary N) is 1. The number of carbonyl (C=O) groups is 2. The molecule has 0 fully saturated rings. The van der Waals surface area contributed by atoms with Crippen LogP contribution in [0, 0.1) is 19.8 Å².